The number of carbonyl (C=O) groups is 2. The minimum atomic E-state index is -0.465. The van der Waals surface area contributed by atoms with Crippen molar-refractivity contribution in [1.82, 2.24) is 10.4 Å². The number of aromatic nitrogens is 1. The van der Waals surface area contributed by atoms with Gasteiger partial charge in [0.25, 0.3) is 5.91 Å². The van der Waals surface area contributed by atoms with Crippen LogP contribution in [0.25, 0.3) is 0 Å². The summed E-state index contributed by atoms with van der Waals surface area (Å²) in [5, 5.41) is 4.29. The van der Waals surface area contributed by atoms with Crippen molar-refractivity contribution in [3.05, 3.63) is 51.1 Å². The van der Waals surface area contributed by atoms with Crippen LogP contribution in [-0.4, -0.2) is 29.2 Å². The predicted molar refractivity (Wildman–Crippen MR) is 103 cm³/mol. The molecular formula is C19H20BrN3O4. The second-order valence-corrected chi connectivity index (χ2v) is 7.15. The molecule has 1 amide bonds. The first-order valence-corrected chi connectivity index (χ1v) is 9.57. The number of nitrogens with one attached hydrogen (secondary N) is 1. The zero-order chi connectivity index (χ0) is 19.4. The molecule has 7 nitrogen and oxygen atoms in total. The Kier molecular flexibility index (Phi) is 6.05. The number of aryl methyl sites for hydroxylation is 1. The Hall–Kier alpha value is -2.48. The van der Waals surface area contributed by atoms with E-state index in [1.54, 1.807) is 12.3 Å². The molecular weight excluding hydrogens is 414 g/mol. The Morgan fingerprint density at radius 3 is 2.93 bits per heavy atom. The van der Waals surface area contributed by atoms with E-state index >= 15 is 0 Å². The van der Waals surface area contributed by atoms with Crippen LogP contribution in [0.15, 0.2) is 32.5 Å². The molecule has 0 fully saturated rings. The number of pyridine rings is 1. The predicted octanol–water partition coefficient (Wildman–Crippen LogP) is 3.78. The third-order valence-corrected chi connectivity index (χ3v) is 4.64. The monoisotopic (exact) mass is 433 g/mol. The lowest BCUT2D eigenvalue weighted by Gasteiger charge is -2.13. The normalized spacial score (nSPS) is 14.7. The van der Waals surface area contributed by atoms with Crippen molar-refractivity contribution in [3.63, 3.8) is 0 Å². The number of hydrazone groups is 1. The zero-order valence-electron chi connectivity index (χ0n) is 15.2. The second kappa shape index (κ2) is 8.47. The molecule has 0 unspecified atom stereocenters. The number of hydrogen-bond donors (Lipinski definition) is 1. The molecule has 8 heteroatoms. The summed E-state index contributed by atoms with van der Waals surface area (Å²) in [4.78, 5) is 28.5. The third kappa shape index (κ3) is 4.27. The van der Waals surface area contributed by atoms with Crippen molar-refractivity contribution in [2.24, 2.45) is 5.10 Å². The molecule has 3 rings (SSSR count). The summed E-state index contributed by atoms with van der Waals surface area (Å²) in [6.07, 6.45) is 6.06. The fourth-order valence-corrected chi connectivity index (χ4v) is 3.32. The number of fused-ring (bicyclic) bond motifs is 1. The zero-order valence-corrected chi connectivity index (χ0v) is 16.8. The summed E-state index contributed by atoms with van der Waals surface area (Å²) in [6, 6.07) is 1.67. The molecule has 0 spiro atoms. The number of nitrogens with zero attached hydrogens (tertiary/aromatic N) is 2. The summed E-state index contributed by atoms with van der Waals surface area (Å²) in [7, 11) is 0. The maximum absolute atomic E-state index is 12.3. The summed E-state index contributed by atoms with van der Waals surface area (Å²) in [6.45, 7) is 4.09. The van der Waals surface area contributed by atoms with E-state index < -0.39 is 5.97 Å². The van der Waals surface area contributed by atoms with Crippen molar-refractivity contribution in [1.29, 1.82) is 0 Å². The largest absolute Gasteiger partial charge is 0.460 e. The highest BCUT2D eigenvalue weighted by molar-refractivity contribution is 9.10. The number of halogens is 1. The summed E-state index contributed by atoms with van der Waals surface area (Å²) in [5.41, 5.74) is 5.15. The topological polar surface area (TPSA) is 93.8 Å². The van der Waals surface area contributed by atoms with Gasteiger partial charge in [0.1, 0.15) is 5.76 Å². The smallest absolute Gasteiger partial charge is 0.374 e. The van der Waals surface area contributed by atoms with Gasteiger partial charge >= 0.3 is 5.97 Å². The summed E-state index contributed by atoms with van der Waals surface area (Å²) < 4.78 is 11.6. The van der Waals surface area contributed by atoms with Crippen molar-refractivity contribution < 1.29 is 18.7 Å². The maximum atomic E-state index is 12.3. The number of carbonyl (C=O) groups excluding carboxylic acids is 2. The summed E-state index contributed by atoms with van der Waals surface area (Å²) >= 11 is 3.29. The molecule has 27 heavy (non-hydrogen) atoms. The Labute approximate surface area is 165 Å². The molecule has 1 aliphatic carbocycles. The van der Waals surface area contributed by atoms with Crippen LogP contribution >= 0.6 is 15.9 Å². The third-order valence-electron chi connectivity index (χ3n) is 4.21. The minimum absolute atomic E-state index is 0.213. The van der Waals surface area contributed by atoms with E-state index in [0.29, 0.717) is 40.1 Å². The molecule has 0 bridgehead atoms. The van der Waals surface area contributed by atoms with Crippen LogP contribution in [0.4, 0.5) is 0 Å². The van der Waals surface area contributed by atoms with E-state index in [1.807, 2.05) is 13.8 Å². The van der Waals surface area contributed by atoms with Gasteiger partial charge in [-0.05, 0) is 48.2 Å². The van der Waals surface area contributed by atoms with Gasteiger partial charge in [0.05, 0.1) is 17.9 Å². The van der Waals surface area contributed by atoms with Gasteiger partial charge in [-0.2, -0.15) is 5.10 Å². The molecule has 0 atom stereocenters. The highest BCUT2D eigenvalue weighted by Crippen LogP contribution is 2.30. The van der Waals surface area contributed by atoms with Crippen LogP contribution < -0.4 is 5.43 Å². The standard InChI is InChI=1S/C19H20BrN3O4/c1-3-7-26-19(25)17-11(2)16-14(5-4-6-15(16)27-17)22-23-18(24)12-8-13(20)10-21-9-12/h8-10H,3-7H2,1-2H3,(H,23,24). The second-order valence-electron chi connectivity index (χ2n) is 6.24. The molecule has 1 N–H and O–H groups in total. The van der Waals surface area contributed by atoms with Gasteiger partial charge in [-0.25, -0.2) is 10.2 Å². The van der Waals surface area contributed by atoms with Gasteiger partial charge in [0.15, 0.2) is 0 Å². The average molecular weight is 434 g/mol. The highest BCUT2D eigenvalue weighted by Gasteiger charge is 2.28. The van der Waals surface area contributed by atoms with E-state index in [1.165, 1.54) is 6.20 Å². The van der Waals surface area contributed by atoms with Gasteiger partial charge < -0.3 is 9.15 Å². The number of esters is 1. The van der Waals surface area contributed by atoms with E-state index in [2.05, 4.69) is 31.4 Å². The van der Waals surface area contributed by atoms with E-state index in [0.717, 1.165) is 24.8 Å². The van der Waals surface area contributed by atoms with Crippen LogP contribution in [0.3, 0.4) is 0 Å². The Bertz CT molecular complexity index is 904. The first-order valence-electron chi connectivity index (χ1n) is 8.78. The SMILES string of the molecule is CCCOC(=O)c1oc2c(c1C)C(=NNC(=O)c1cncc(Br)c1)CCC2. The molecule has 0 aliphatic heterocycles. The fraction of sp³-hybridized carbons (Fsp3) is 0.368. The van der Waals surface area contributed by atoms with E-state index in [-0.39, 0.29) is 11.7 Å². The van der Waals surface area contributed by atoms with Gasteiger partial charge in [-0.15, -0.1) is 0 Å². The number of rotatable bonds is 5. The maximum Gasteiger partial charge on any atom is 0.374 e. The van der Waals surface area contributed by atoms with Gasteiger partial charge in [0, 0.05) is 34.4 Å². The molecule has 2 aromatic rings. The molecule has 2 heterocycles. The van der Waals surface area contributed by atoms with Crippen LogP contribution in [0.1, 0.15) is 64.0 Å². The van der Waals surface area contributed by atoms with Crippen LogP contribution in [0, 0.1) is 6.92 Å². The highest BCUT2D eigenvalue weighted by atomic mass is 79.9. The fourth-order valence-electron chi connectivity index (χ4n) is 2.95. The van der Waals surface area contributed by atoms with Gasteiger partial charge in [0.2, 0.25) is 5.76 Å². The van der Waals surface area contributed by atoms with E-state index in [4.69, 9.17) is 9.15 Å². The molecule has 142 valence electrons. The number of furan rings is 1. The molecule has 0 radical (unpaired) electrons. The molecule has 1 aliphatic rings. The van der Waals surface area contributed by atoms with Crippen LogP contribution in [0.5, 0.6) is 0 Å². The quantitative estimate of drug-likeness (QED) is 0.571. The number of hydrogen-bond acceptors (Lipinski definition) is 6. The lowest BCUT2D eigenvalue weighted by molar-refractivity contribution is 0.0465. The molecule has 2 aromatic heterocycles. The van der Waals surface area contributed by atoms with Gasteiger partial charge in [-0.3, -0.25) is 9.78 Å². The molecule has 0 aromatic carbocycles. The van der Waals surface area contributed by atoms with Crippen LogP contribution in [0.2, 0.25) is 0 Å². The average Bonchev–Trinajstić information content (AvgIpc) is 3.01. The van der Waals surface area contributed by atoms with Gasteiger partial charge in [-0.1, -0.05) is 6.92 Å². The van der Waals surface area contributed by atoms with Crippen molar-refractivity contribution in [2.45, 2.75) is 39.5 Å². The van der Waals surface area contributed by atoms with E-state index in [9.17, 15) is 9.59 Å². The van der Waals surface area contributed by atoms with Crippen molar-refractivity contribution in [2.75, 3.05) is 6.61 Å². The first kappa shape index (κ1) is 19.3. The summed E-state index contributed by atoms with van der Waals surface area (Å²) in [5.74, 6) is 0.101. The van der Waals surface area contributed by atoms with Crippen molar-refractivity contribution in [3.8, 4) is 0 Å². The number of amides is 1. The lowest BCUT2D eigenvalue weighted by atomic mass is 9.93. The first-order chi connectivity index (χ1) is 13.0. The van der Waals surface area contributed by atoms with Crippen molar-refractivity contribution >= 4 is 33.5 Å². The molecule has 0 saturated carbocycles. The Morgan fingerprint density at radius 1 is 1.37 bits per heavy atom. The lowest BCUT2D eigenvalue weighted by Crippen LogP contribution is -2.22. The number of ether oxygens (including phenoxy) is 1. The van der Waals surface area contributed by atoms with Crippen LogP contribution in [-0.2, 0) is 11.2 Å². The minimum Gasteiger partial charge on any atom is -0.460 e. The Balaban J connectivity index is 1.83. The molecule has 0 saturated heterocycles. The Morgan fingerprint density at radius 2 is 2.19 bits per heavy atom.